The highest BCUT2D eigenvalue weighted by atomic mass is 19.3. The van der Waals surface area contributed by atoms with Crippen LogP contribution in [0.4, 0.5) is 13.2 Å². The summed E-state index contributed by atoms with van der Waals surface area (Å²) in [6.07, 6.45) is 0. The number of rotatable bonds is 4. The summed E-state index contributed by atoms with van der Waals surface area (Å²) in [5.41, 5.74) is 0.677. The Kier molecular flexibility index (Phi) is 3.96. The molecule has 1 rings (SSSR count). The van der Waals surface area contributed by atoms with Gasteiger partial charge in [0.2, 0.25) is 0 Å². The summed E-state index contributed by atoms with van der Waals surface area (Å²) in [4.78, 5) is 0. The van der Waals surface area contributed by atoms with E-state index in [2.05, 4.69) is 10.1 Å². The second-order valence-electron chi connectivity index (χ2n) is 3.08. The minimum absolute atomic E-state index is 0.0416. The molecule has 0 aromatic heterocycles. The molecule has 0 aliphatic heterocycles. The van der Waals surface area contributed by atoms with Gasteiger partial charge in [0.25, 0.3) is 0 Å². The maximum atomic E-state index is 13.2. The summed E-state index contributed by atoms with van der Waals surface area (Å²) >= 11 is 0. The van der Waals surface area contributed by atoms with Crippen molar-refractivity contribution in [3.8, 4) is 5.75 Å². The molecular formula is C10H12F3NO. The van der Waals surface area contributed by atoms with E-state index in [-0.39, 0.29) is 6.04 Å². The van der Waals surface area contributed by atoms with Crippen molar-refractivity contribution in [3.63, 3.8) is 0 Å². The van der Waals surface area contributed by atoms with Gasteiger partial charge in [-0.1, -0.05) is 6.07 Å². The summed E-state index contributed by atoms with van der Waals surface area (Å²) in [7, 11) is 1.73. The fourth-order valence-corrected chi connectivity index (χ4v) is 1.14. The van der Waals surface area contributed by atoms with Gasteiger partial charge < -0.3 is 10.1 Å². The maximum Gasteiger partial charge on any atom is 0.387 e. The van der Waals surface area contributed by atoms with Crippen LogP contribution >= 0.6 is 0 Å². The monoisotopic (exact) mass is 219 g/mol. The average molecular weight is 219 g/mol. The highest BCUT2D eigenvalue weighted by Crippen LogP contribution is 2.23. The quantitative estimate of drug-likeness (QED) is 0.840. The van der Waals surface area contributed by atoms with Crippen molar-refractivity contribution in [3.05, 3.63) is 29.6 Å². The molecule has 1 N–H and O–H groups in total. The molecule has 15 heavy (non-hydrogen) atoms. The molecule has 0 fully saturated rings. The van der Waals surface area contributed by atoms with Crippen molar-refractivity contribution >= 4 is 0 Å². The third kappa shape index (κ3) is 3.13. The van der Waals surface area contributed by atoms with Gasteiger partial charge in [-0.25, -0.2) is 4.39 Å². The number of ether oxygens (including phenoxy) is 1. The summed E-state index contributed by atoms with van der Waals surface area (Å²) < 4.78 is 40.9. The Hall–Kier alpha value is -1.23. The van der Waals surface area contributed by atoms with E-state index in [0.717, 1.165) is 0 Å². The van der Waals surface area contributed by atoms with Gasteiger partial charge >= 0.3 is 6.61 Å². The lowest BCUT2D eigenvalue weighted by molar-refractivity contribution is -0.0522. The van der Waals surface area contributed by atoms with Gasteiger partial charge in [-0.3, -0.25) is 0 Å². The smallest absolute Gasteiger partial charge is 0.387 e. The van der Waals surface area contributed by atoms with Crippen LogP contribution in [-0.2, 0) is 0 Å². The van der Waals surface area contributed by atoms with Crippen LogP contribution in [0.25, 0.3) is 0 Å². The van der Waals surface area contributed by atoms with Crippen molar-refractivity contribution in [1.82, 2.24) is 5.32 Å². The topological polar surface area (TPSA) is 21.3 Å². The van der Waals surface area contributed by atoms with Gasteiger partial charge in [0.1, 0.15) is 0 Å². The summed E-state index contributed by atoms with van der Waals surface area (Å²) in [5, 5.41) is 2.91. The van der Waals surface area contributed by atoms with Crippen molar-refractivity contribution in [1.29, 1.82) is 0 Å². The van der Waals surface area contributed by atoms with Crippen LogP contribution in [0.1, 0.15) is 18.5 Å². The lowest BCUT2D eigenvalue weighted by Crippen LogP contribution is -2.12. The van der Waals surface area contributed by atoms with E-state index in [1.807, 2.05) is 6.92 Å². The summed E-state index contributed by atoms with van der Waals surface area (Å²) in [5.74, 6) is -1.22. The number of hydrogen-bond donors (Lipinski definition) is 1. The SMILES string of the molecule is CNC(C)c1ccc(OC(F)F)c(F)c1. The van der Waals surface area contributed by atoms with Gasteiger partial charge in [0.15, 0.2) is 11.6 Å². The summed E-state index contributed by atoms with van der Waals surface area (Å²) in [6, 6.07) is 3.88. The third-order valence-corrected chi connectivity index (χ3v) is 2.11. The van der Waals surface area contributed by atoms with Crippen molar-refractivity contribution in [2.45, 2.75) is 19.6 Å². The lowest BCUT2D eigenvalue weighted by Gasteiger charge is -2.12. The molecule has 0 saturated carbocycles. The van der Waals surface area contributed by atoms with Crippen LogP contribution in [0.2, 0.25) is 0 Å². The first-order valence-corrected chi connectivity index (χ1v) is 4.46. The molecule has 1 aromatic rings. The van der Waals surface area contributed by atoms with Crippen molar-refractivity contribution in [2.75, 3.05) is 7.05 Å². The molecule has 0 bridgehead atoms. The lowest BCUT2D eigenvalue weighted by atomic mass is 10.1. The van der Waals surface area contributed by atoms with E-state index in [9.17, 15) is 13.2 Å². The van der Waals surface area contributed by atoms with Crippen LogP contribution in [-0.4, -0.2) is 13.7 Å². The number of nitrogens with one attached hydrogen (secondary N) is 1. The third-order valence-electron chi connectivity index (χ3n) is 2.11. The van der Waals surface area contributed by atoms with Crippen LogP contribution in [0.3, 0.4) is 0 Å². The number of hydrogen-bond acceptors (Lipinski definition) is 2. The Bertz CT molecular complexity index is 330. The molecule has 0 radical (unpaired) electrons. The van der Waals surface area contributed by atoms with Crippen LogP contribution < -0.4 is 10.1 Å². The Labute approximate surface area is 86.1 Å². The van der Waals surface area contributed by atoms with Gasteiger partial charge in [0, 0.05) is 6.04 Å². The average Bonchev–Trinajstić information content (AvgIpc) is 2.19. The normalized spacial score (nSPS) is 12.9. The van der Waals surface area contributed by atoms with Crippen LogP contribution in [0.5, 0.6) is 5.75 Å². The number of alkyl halides is 2. The van der Waals surface area contributed by atoms with Crippen LogP contribution in [0, 0.1) is 5.82 Å². The number of benzene rings is 1. The van der Waals surface area contributed by atoms with Gasteiger partial charge in [0.05, 0.1) is 0 Å². The van der Waals surface area contributed by atoms with E-state index in [4.69, 9.17) is 0 Å². The zero-order valence-electron chi connectivity index (χ0n) is 8.43. The predicted octanol–water partition coefficient (Wildman–Crippen LogP) is 2.71. The maximum absolute atomic E-state index is 13.2. The summed E-state index contributed by atoms with van der Waals surface area (Å²) in [6.45, 7) is -1.17. The van der Waals surface area contributed by atoms with E-state index < -0.39 is 18.2 Å². The van der Waals surface area contributed by atoms with E-state index >= 15 is 0 Å². The largest absolute Gasteiger partial charge is 0.432 e. The Balaban J connectivity index is 2.88. The Morgan fingerprint density at radius 2 is 2.00 bits per heavy atom. The molecule has 1 aromatic carbocycles. The van der Waals surface area contributed by atoms with Gasteiger partial charge in [-0.15, -0.1) is 0 Å². The molecule has 0 aliphatic rings. The highest BCUT2D eigenvalue weighted by Gasteiger charge is 2.11. The molecule has 84 valence electrons. The van der Waals surface area contributed by atoms with Crippen LogP contribution in [0.15, 0.2) is 18.2 Å². The first kappa shape index (κ1) is 11.8. The minimum Gasteiger partial charge on any atom is -0.432 e. The molecule has 0 heterocycles. The second kappa shape index (κ2) is 5.02. The molecular weight excluding hydrogens is 207 g/mol. The van der Waals surface area contributed by atoms with E-state index in [1.54, 1.807) is 13.1 Å². The molecule has 0 amide bonds. The number of halogens is 3. The van der Waals surface area contributed by atoms with Gasteiger partial charge in [-0.05, 0) is 31.7 Å². The second-order valence-corrected chi connectivity index (χ2v) is 3.08. The Morgan fingerprint density at radius 3 is 2.47 bits per heavy atom. The van der Waals surface area contributed by atoms with E-state index in [1.165, 1.54) is 12.1 Å². The fraction of sp³-hybridized carbons (Fsp3) is 0.400. The van der Waals surface area contributed by atoms with Gasteiger partial charge in [-0.2, -0.15) is 8.78 Å². The fourth-order valence-electron chi connectivity index (χ4n) is 1.14. The molecule has 1 unspecified atom stereocenters. The first-order valence-electron chi connectivity index (χ1n) is 4.46. The standard InChI is InChI=1S/C10H12F3NO/c1-6(14-2)7-3-4-9(8(11)5-7)15-10(12)13/h3-6,10,14H,1-2H3. The zero-order chi connectivity index (χ0) is 11.4. The predicted molar refractivity (Wildman–Crippen MR) is 50.5 cm³/mol. The molecule has 0 spiro atoms. The molecule has 2 nitrogen and oxygen atoms in total. The minimum atomic E-state index is -3.01. The van der Waals surface area contributed by atoms with E-state index in [0.29, 0.717) is 5.56 Å². The van der Waals surface area contributed by atoms with Crippen molar-refractivity contribution < 1.29 is 17.9 Å². The molecule has 1 atom stereocenters. The highest BCUT2D eigenvalue weighted by molar-refractivity contribution is 5.30. The molecule has 0 saturated heterocycles. The molecule has 0 aliphatic carbocycles. The first-order chi connectivity index (χ1) is 7.04. The van der Waals surface area contributed by atoms with Crippen molar-refractivity contribution in [2.24, 2.45) is 0 Å². The Morgan fingerprint density at radius 1 is 1.33 bits per heavy atom. The zero-order valence-corrected chi connectivity index (χ0v) is 8.43. The molecule has 5 heteroatoms.